The normalized spacial score (nSPS) is 26.0. The minimum absolute atomic E-state index is 0.153. The zero-order valence-corrected chi connectivity index (χ0v) is 12.4. The predicted octanol–water partition coefficient (Wildman–Crippen LogP) is 0.622. The molecule has 3 N–H and O–H groups in total. The number of unbranched alkanes of at least 4 members (excludes halogenated alkanes) is 1. The van der Waals surface area contributed by atoms with E-state index in [-0.39, 0.29) is 11.9 Å². The summed E-state index contributed by atoms with van der Waals surface area (Å²) in [6, 6.07) is 8.78. The highest BCUT2D eigenvalue weighted by Crippen LogP contribution is 2.19. The Labute approximate surface area is 125 Å². The van der Waals surface area contributed by atoms with Gasteiger partial charge in [0.05, 0.1) is 18.2 Å². The van der Waals surface area contributed by atoms with Crippen molar-refractivity contribution >= 4 is 5.91 Å². The van der Waals surface area contributed by atoms with Gasteiger partial charge >= 0.3 is 0 Å². The van der Waals surface area contributed by atoms with Crippen LogP contribution in [0.2, 0.25) is 0 Å². The number of carbonyl (C=O) groups is 1. The number of likely N-dealkylation sites (tertiary alicyclic amines) is 1. The first-order chi connectivity index (χ1) is 10.1. The highest BCUT2D eigenvalue weighted by Gasteiger charge is 2.39. The smallest absolute Gasteiger partial charge is 0.251 e. The van der Waals surface area contributed by atoms with Crippen molar-refractivity contribution in [3.05, 3.63) is 35.9 Å². The third kappa shape index (κ3) is 4.03. The minimum atomic E-state index is -0.807. The lowest BCUT2D eigenvalue weighted by atomic mass is 10.1. The Kier molecular flexibility index (Phi) is 5.73. The number of benzene rings is 1. The predicted molar refractivity (Wildman–Crippen MR) is 81.1 cm³/mol. The number of rotatable bonds is 6. The Morgan fingerprint density at radius 3 is 2.71 bits per heavy atom. The molecular formula is C16H24N2O3. The molecule has 116 valence electrons. The number of nitrogens with one attached hydrogen (secondary N) is 1. The summed E-state index contributed by atoms with van der Waals surface area (Å²) in [6.45, 7) is 3.74. The molecule has 1 heterocycles. The summed E-state index contributed by atoms with van der Waals surface area (Å²) in [7, 11) is 0. The molecule has 0 spiro atoms. The van der Waals surface area contributed by atoms with E-state index in [4.69, 9.17) is 0 Å². The second-order valence-electron chi connectivity index (χ2n) is 5.55. The molecule has 1 saturated heterocycles. The maximum atomic E-state index is 12.0. The van der Waals surface area contributed by atoms with Gasteiger partial charge in [-0.1, -0.05) is 31.5 Å². The van der Waals surface area contributed by atoms with E-state index >= 15 is 0 Å². The highest BCUT2D eigenvalue weighted by atomic mass is 16.3. The van der Waals surface area contributed by atoms with Gasteiger partial charge in [0.25, 0.3) is 5.91 Å². The van der Waals surface area contributed by atoms with Crippen LogP contribution in [0.5, 0.6) is 0 Å². The average molecular weight is 292 g/mol. The molecule has 1 aromatic rings. The number of nitrogens with zero attached hydrogens (tertiary/aromatic N) is 1. The van der Waals surface area contributed by atoms with Gasteiger partial charge in [-0.2, -0.15) is 0 Å². The van der Waals surface area contributed by atoms with Crippen molar-refractivity contribution in [1.82, 2.24) is 10.2 Å². The first-order valence-corrected chi connectivity index (χ1v) is 7.57. The standard InChI is InChI=1S/C16H24N2O3/c1-2-3-9-18-11-14(19)15(20)13(18)10-17-16(21)12-7-5-4-6-8-12/h4-8,13-15,19-20H,2-3,9-11H2,1H3,(H,17,21)/t13-,14-,15+/m0/s1. The zero-order chi connectivity index (χ0) is 15.2. The Morgan fingerprint density at radius 1 is 1.33 bits per heavy atom. The van der Waals surface area contributed by atoms with Crippen molar-refractivity contribution in [2.24, 2.45) is 0 Å². The second-order valence-corrected chi connectivity index (χ2v) is 5.55. The van der Waals surface area contributed by atoms with Crippen LogP contribution in [0.4, 0.5) is 0 Å². The SMILES string of the molecule is CCCCN1C[C@H](O)[C@H](O)[C@@H]1CNC(=O)c1ccccc1. The quantitative estimate of drug-likeness (QED) is 0.719. The van der Waals surface area contributed by atoms with Gasteiger partial charge in [-0.3, -0.25) is 9.69 Å². The van der Waals surface area contributed by atoms with Gasteiger partial charge in [0.2, 0.25) is 0 Å². The summed E-state index contributed by atoms with van der Waals surface area (Å²) in [6.07, 6.45) is 0.535. The van der Waals surface area contributed by atoms with E-state index in [9.17, 15) is 15.0 Å². The average Bonchev–Trinajstić information content (AvgIpc) is 2.78. The number of carbonyl (C=O) groups excluding carboxylic acids is 1. The molecule has 0 aromatic heterocycles. The third-order valence-corrected chi connectivity index (χ3v) is 3.99. The van der Waals surface area contributed by atoms with E-state index in [1.165, 1.54) is 0 Å². The first-order valence-electron chi connectivity index (χ1n) is 7.57. The van der Waals surface area contributed by atoms with Crippen LogP contribution in [0.15, 0.2) is 30.3 Å². The van der Waals surface area contributed by atoms with Crippen molar-refractivity contribution in [1.29, 1.82) is 0 Å². The zero-order valence-electron chi connectivity index (χ0n) is 12.4. The second kappa shape index (κ2) is 7.54. The molecule has 0 saturated carbocycles. The fourth-order valence-electron chi connectivity index (χ4n) is 2.71. The summed E-state index contributed by atoms with van der Waals surface area (Å²) in [4.78, 5) is 14.1. The largest absolute Gasteiger partial charge is 0.389 e. The third-order valence-electron chi connectivity index (χ3n) is 3.99. The van der Waals surface area contributed by atoms with E-state index < -0.39 is 12.2 Å². The number of amides is 1. The molecule has 21 heavy (non-hydrogen) atoms. The molecular weight excluding hydrogens is 268 g/mol. The number of aliphatic hydroxyl groups excluding tert-OH is 2. The lowest BCUT2D eigenvalue weighted by Gasteiger charge is -2.25. The van der Waals surface area contributed by atoms with E-state index in [0.717, 1.165) is 19.4 Å². The molecule has 5 nitrogen and oxygen atoms in total. The summed E-state index contributed by atoms with van der Waals surface area (Å²) in [5.74, 6) is -0.153. The van der Waals surface area contributed by atoms with Crippen LogP contribution in [-0.2, 0) is 0 Å². The number of hydrogen-bond acceptors (Lipinski definition) is 4. The molecule has 1 aliphatic rings. The van der Waals surface area contributed by atoms with Gasteiger partial charge in [0.1, 0.15) is 0 Å². The molecule has 0 aliphatic carbocycles. The molecule has 1 aliphatic heterocycles. The molecule has 1 aromatic carbocycles. The highest BCUT2D eigenvalue weighted by molar-refractivity contribution is 5.94. The van der Waals surface area contributed by atoms with Crippen LogP contribution < -0.4 is 5.32 Å². The maximum Gasteiger partial charge on any atom is 0.251 e. The van der Waals surface area contributed by atoms with Crippen molar-refractivity contribution < 1.29 is 15.0 Å². The summed E-state index contributed by atoms with van der Waals surface area (Å²) in [5, 5.41) is 22.7. The Hall–Kier alpha value is -1.43. The molecule has 2 rings (SSSR count). The molecule has 0 radical (unpaired) electrons. The molecule has 5 heteroatoms. The fourth-order valence-corrected chi connectivity index (χ4v) is 2.71. The van der Waals surface area contributed by atoms with E-state index in [1.54, 1.807) is 12.1 Å². The summed E-state index contributed by atoms with van der Waals surface area (Å²) < 4.78 is 0. The summed E-state index contributed by atoms with van der Waals surface area (Å²) in [5.41, 5.74) is 0.602. The van der Waals surface area contributed by atoms with Crippen LogP contribution in [0.1, 0.15) is 30.1 Å². The van der Waals surface area contributed by atoms with Gasteiger partial charge in [-0.05, 0) is 25.1 Å². The van der Waals surface area contributed by atoms with Crippen molar-refractivity contribution in [2.45, 2.75) is 38.0 Å². The number of hydrogen-bond donors (Lipinski definition) is 3. The van der Waals surface area contributed by atoms with Crippen molar-refractivity contribution in [3.63, 3.8) is 0 Å². The van der Waals surface area contributed by atoms with Crippen LogP contribution in [0, 0.1) is 0 Å². The Balaban J connectivity index is 1.91. The first kappa shape index (κ1) is 15.9. The Morgan fingerprint density at radius 2 is 2.05 bits per heavy atom. The molecule has 0 bridgehead atoms. The van der Waals surface area contributed by atoms with Crippen LogP contribution in [0.3, 0.4) is 0 Å². The van der Waals surface area contributed by atoms with Crippen molar-refractivity contribution in [3.8, 4) is 0 Å². The summed E-state index contributed by atoms with van der Waals surface area (Å²) >= 11 is 0. The van der Waals surface area contributed by atoms with Crippen LogP contribution in [-0.4, -0.2) is 58.9 Å². The lowest BCUT2D eigenvalue weighted by Crippen LogP contribution is -2.45. The van der Waals surface area contributed by atoms with Gasteiger partial charge in [-0.25, -0.2) is 0 Å². The van der Waals surface area contributed by atoms with Crippen molar-refractivity contribution in [2.75, 3.05) is 19.6 Å². The molecule has 0 unspecified atom stereocenters. The van der Waals surface area contributed by atoms with Gasteiger partial charge < -0.3 is 15.5 Å². The van der Waals surface area contributed by atoms with Gasteiger partial charge in [0, 0.05) is 18.7 Å². The molecule has 3 atom stereocenters. The van der Waals surface area contributed by atoms with E-state index in [1.807, 2.05) is 18.2 Å². The minimum Gasteiger partial charge on any atom is -0.389 e. The lowest BCUT2D eigenvalue weighted by molar-refractivity contribution is 0.0373. The topological polar surface area (TPSA) is 72.8 Å². The maximum absolute atomic E-state index is 12.0. The van der Waals surface area contributed by atoms with Gasteiger partial charge in [-0.15, -0.1) is 0 Å². The van der Waals surface area contributed by atoms with Gasteiger partial charge in [0.15, 0.2) is 0 Å². The van der Waals surface area contributed by atoms with Crippen LogP contribution in [0.25, 0.3) is 0 Å². The number of β-amino-alcohol motifs (C(OH)–C–C–N with tert-alkyl or cyclic N) is 1. The van der Waals surface area contributed by atoms with Crippen LogP contribution >= 0.6 is 0 Å². The number of aliphatic hydroxyl groups is 2. The Bertz CT molecular complexity index is 452. The molecule has 1 fully saturated rings. The fraction of sp³-hybridized carbons (Fsp3) is 0.562. The monoisotopic (exact) mass is 292 g/mol. The van der Waals surface area contributed by atoms with E-state index in [2.05, 4.69) is 17.1 Å². The van der Waals surface area contributed by atoms with E-state index in [0.29, 0.717) is 18.7 Å². The molecule has 1 amide bonds.